The van der Waals surface area contributed by atoms with E-state index < -0.39 is 124 Å². The van der Waals surface area contributed by atoms with Crippen LogP contribution in [0.25, 0.3) is 0 Å². The molecule has 0 spiro atoms. The number of hydrogen-bond acceptors (Lipinski definition) is 18. The van der Waals surface area contributed by atoms with Crippen LogP contribution in [0, 0.1) is 0 Å². The highest BCUT2D eigenvalue weighted by molar-refractivity contribution is 5.76. The SMILES string of the molecule is CCCC/C=C/CC/C=C/C(O)C(COC1OC(CO)C(OC2OC(CO)C(OC3OC(CO)C(O)C(O)C3O)C(O)C2O)C(O)C1O)NC(=O)CCCCCCCCCCCCCCCCCCCCCCCCCCCCCCCCCCCCCCCC. The number of aliphatic hydroxyl groups is 11. The molecule has 0 aromatic carbocycles. The van der Waals surface area contributed by atoms with E-state index >= 15 is 0 Å². The topological polar surface area (TPSA) is 307 Å². The van der Waals surface area contributed by atoms with Crippen LogP contribution in [0.4, 0.5) is 0 Å². The van der Waals surface area contributed by atoms with Crippen LogP contribution >= 0.6 is 0 Å². The van der Waals surface area contributed by atoms with Gasteiger partial charge < -0.3 is 89.9 Å². The molecule has 3 heterocycles. The second kappa shape index (κ2) is 54.3. The van der Waals surface area contributed by atoms with Crippen LogP contribution in [0.2, 0.25) is 0 Å². The van der Waals surface area contributed by atoms with E-state index in [0.717, 1.165) is 44.9 Å². The van der Waals surface area contributed by atoms with Gasteiger partial charge in [-0.1, -0.05) is 289 Å². The molecule has 91 heavy (non-hydrogen) atoms. The van der Waals surface area contributed by atoms with Gasteiger partial charge >= 0.3 is 0 Å². The quantitative estimate of drug-likeness (QED) is 0.0199. The van der Waals surface area contributed by atoms with Crippen molar-refractivity contribution in [2.45, 2.75) is 401 Å². The van der Waals surface area contributed by atoms with E-state index in [1.807, 2.05) is 6.08 Å². The van der Waals surface area contributed by atoms with E-state index in [1.165, 1.54) is 218 Å². The van der Waals surface area contributed by atoms with Crippen molar-refractivity contribution < 1.29 is 89.4 Å². The Morgan fingerprint density at radius 1 is 0.385 bits per heavy atom. The van der Waals surface area contributed by atoms with E-state index in [0.29, 0.717) is 12.8 Å². The Balaban J connectivity index is 1.25. The smallest absolute Gasteiger partial charge is 0.220 e. The molecule has 536 valence electrons. The maximum atomic E-state index is 13.3. The first-order valence-corrected chi connectivity index (χ1v) is 37.1. The first-order chi connectivity index (χ1) is 44.3. The number of carbonyl (C=O) groups excluding carboxylic acids is 1. The second-order valence-electron chi connectivity index (χ2n) is 26.8. The Kier molecular flexibility index (Phi) is 49.8. The van der Waals surface area contributed by atoms with E-state index in [4.69, 9.17) is 28.4 Å². The second-order valence-corrected chi connectivity index (χ2v) is 26.8. The fourth-order valence-corrected chi connectivity index (χ4v) is 12.7. The lowest BCUT2D eigenvalue weighted by Crippen LogP contribution is -2.66. The monoisotopic (exact) mass is 1300 g/mol. The van der Waals surface area contributed by atoms with Gasteiger partial charge in [-0.15, -0.1) is 0 Å². The van der Waals surface area contributed by atoms with E-state index in [9.17, 15) is 61.0 Å². The Morgan fingerprint density at radius 3 is 1.09 bits per heavy atom. The Bertz CT molecular complexity index is 1750. The number of nitrogens with one attached hydrogen (secondary N) is 1. The third kappa shape index (κ3) is 35.9. The predicted octanol–water partition coefficient (Wildman–Crippen LogP) is 10.6. The molecule has 12 N–H and O–H groups in total. The van der Waals surface area contributed by atoms with Crippen LogP contribution in [0.1, 0.15) is 296 Å². The first-order valence-electron chi connectivity index (χ1n) is 37.1. The molecule has 17 atom stereocenters. The summed E-state index contributed by atoms with van der Waals surface area (Å²) in [7, 11) is 0. The summed E-state index contributed by atoms with van der Waals surface area (Å²) < 4.78 is 34.2. The highest BCUT2D eigenvalue weighted by atomic mass is 16.8. The Morgan fingerprint density at radius 2 is 0.703 bits per heavy atom. The van der Waals surface area contributed by atoms with Gasteiger partial charge in [0, 0.05) is 6.42 Å². The summed E-state index contributed by atoms with van der Waals surface area (Å²) in [4.78, 5) is 13.3. The maximum absolute atomic E-state index is 13.3. The van der Waals surface area contributed by atoms with Gasteiger partial charge in [0.1, 0.15) is 73.2 Å². The molecule has 0 aromatic heterocycles. The summed E-state index contributed by atoms with van der Waals surface area (Å²) >= 11 is 0. The van der Waals surface area contributed by atoms with Gasteiger partial charge in [0.2, 0.25) is 5.91 Å². The number of amides is 1. The van der Waals surface area contributed by atoms with Crippen LogP contribution in [-0.4, -0.2) is 193 Å². The summed E-state index contributed by atoms with van der Waals surface area (Å²) in [5.74, 6) is -0.284. The predicted molar refractivity (Wildman–Crippen MR) is 356 cm³/mol. The third-order valence-corrected chi connectivity index (χ3v) is 18.8. The lowest BCUT2D eigenvalue weighted by atomic mass is 9.96. The number of hydrogen-bond donors (Lipinski definition) is 12. The van der Waals surface area contributed by atoms with Crippen molar-refractivity contribution in [2.24, 2.45) is 0 Å². The summed E-state index contributed by atoms with van der Waals surface area (Å²) in [5.41, 5.74) is 0. The summed E-state index contributed by atoms with van der Waals surface area (Å²) in [6, 6.07) is -0.984. The van der Waals surface area contributed by atoms with Crippen LogP contribution in [-0.2, 0) is 33.2 Å². The zero-order valence-corrected chi connectivity index (χ0v) is 56.8. The number of carbonyl (C=O) groups is 1. The molecule has 0 aliphatic carbocycles. The summed E-state index contributed by atoms with van der Waals surface area (Å²) in [6.07, 6.45) is 36.9. The molecular formula is C72H135NO18. The van der Waals surface area contributed by atoms with Crippen molar-refractivity contribution in [3.8, 4) is 0 Å². The highest BCUT2D eigenvalue weighted by Gasteiger charge is 2.53. The van der Waals surface area contributed by atoms with Gasteiger partial charge in [0.25, 0.3) is 0 Å². The van der Waals surface area contributed by atoms with Crippen molar-refractivity contribution in [1.29, 1.82) is 0 Å². The molecule has 0 radical (unpaired) electrons. The van der Waals surface area contributed by atoms with E-state index in [1.54, 1.807) is 6.08 Å². The number of allylic oxidation sites excluding steroid dienone is 3. The van der Waals surface area contributed by atoms with Crippen molar-refractivity contribution in [1.82, 2.24) is 5.32 Å². The van der Waals surface area contributed by atoms with Gasteiger partial charge in [-0.25, -0.2) is 0 Å². The molecule has 0 bridgehead atoms. The van der Waals surface area contributed by atoms with Gasteiger partial charge in [-0.2, -0.15) is 0 Å². The van der Waals surface area contributed by atoms with Crippen molar-refractivity contribution in [3.05, 3.63) is 24.3 Å². The standard InChI is InChI=1S/C72H135NO18/c1-3-5-7-9-11-13-14-15-16-17-18-19-20-21-22-23-24-25-26-27-28-29-30-31-32-33-34-35-36-37-38-39-40-41-42-44-46-48-50-60(78)73-55(56(77)49-47-45-43-12-10-8-6-4-2)54-86-70-66(84)63(81)68(58(52-75)88-70)91-72-67(85)64(82)69(59(53-76)89-72)90-71-65(83)62(80)61(79)57(51-74)87-71/h10,12,47,49,55-59,61-72,74-77,79-85H,3-9,11,13-46,48,50-54H2,1-2H3,(H,73,78)/b12-10+,49-47+. The van der Waals surface area contributed by atoms with Gasteiger partial charge in [-0.05, 0) is 25.7 Å². The average Bonchev–Trinajstić information content (AvgIpc) is 0.844. The van der Waals surface area contributed by atoms with Gasteiger partial charge in [-0.3, -0.25) is 4.79 Å². The molecule has 3 fully saturated rings. The van der Waals surface area contributed by atoms with E-state index in [2.05, 4.69) is 31.3 Å². The highest BCUT2D eigenvalue weighted by Crippen LogP contribution is 2.33. The molecule has 3 aliphatic rings. The minimum absolute atomic E-state index is 0.240. The first kappa shape index (κ1) is 83.5. The normalized spacial score (nSPS) is 27.9. The lowest BCUT2D eigenvalue weighted by molar-refractivity contribution is -0.379. The van der Waals surface area contributed by atoms with Crippen molar-refractivity contribution in [2.75, 3.05) is 26.4 Å². The molecule has 1 amide bonds. The Hall–Kier alpha value is -1.73. The number of aliphatic hydroxyl groups excluding tert-OH is 11. The number of unbranched alkanes of at least 4 members (excludes halogenated alkanes) is 40. The van der Waals surface area contributed by atoms with Gasteiger partial charge in [0.05, 0.1) is 38.6 Å². The molecule has 19 heteroatoms. The van der Waals surface area contributed by atoms with Crippen molar-refractivity contribution in [3.63, 3.8) is 0 Å². The molecule has 3 aliphatic heterocycles. The molecule has 0 aromatic rings. The molecule has 19 nitrogen and oxygen atoms in total. The van der Waals surface area contributed by atoms with Crippen LogP contribution in [0.5, 0.6) is 0 Å². The average molecular weight is 1300 g/mol. The minimum Gasteiger partial charge on any atom is -0.394 e. The van der Waals surface area contributed by atoms with Gasteiger partial charge in [0.15, 0.2) is 18.9 Å². The summed E-state index contributed by atoms with van der Waals surface area (Å²) in [5, 5.41) is 120. The van der Waals surface area contributed by atoms with Crippen molar-refractivity contribution >= 4 is 5.91 Å². The largest absolute Gasteiger partial charge is 0.394 e. The molecular weight excluding hydrogens is 1170 g/mol. The molecule has 3 saturated heterocycles. The number of ether oxygens (including phenoxy) is 6. The molecule has 17 unspecified atom stereocenters. The zero-order valence-electron chi connectivity index (χ0n) is 56.8. The number of rotatable bonds is 58. The fourth-order valence-electron chi connectivity index (χ4n) is 12.7. The lowest BCUT2D eigenvalue weighted by Gasteiger charge is -2.48. The third-order valence-electron chi connectivity index (χ3n) is 18.8. The molecule has 3 rings (SSSR count). The summed E-state index contributed by atoms with van der Waals surface area (Å²) in [6.45, 7) is 1.65. The minimum atomic E-state index is -1.98. The zero-order chi connectivity index (χ0) is 66.1. The van der Waals surface area contributed by atoms with Crippen LogP contribution < -0.4 is 5.32 Å². The van der Waals surface area contributed by atoms with E-state index in [-0.39, 0.29) is 18.9 Å². The maximum Gasteiger partial charge on any atom is 0.220 e. The Labute approximate surface area is 549 Å². The van der Waals surface area contributed by atoms with Crippen LogP contribution in [0.3, 0.4) is 0 Å². The molecule has 0 saturated carbocycles. The van der Waals surface area contributed by atoms with Crippen LogP contribution in [0.15, 0.2) is 24.3 Å². The fraction of sp³-hybridized carbons (Fsp3) is 0.931.